The van der Waals surface area contributed by atoms with Gasteiger partial charge < -0.3 is 9.47 Å². The van der Waals surface area contributed by atoms with E-state index in [1.807, 2.05) is 146 Å². The number of aliphatic imine (C=N–C) groups is 1. The fraction of sp³-hybridized carbons (Fsp3) is 0.159. The summed E-state index contributed by atoms with van der Waals surface area (Å²) in [5, 5.41) is 4.98. The number of hydrogen-bond donors (Lipinski definition) is 2. The van der Waals surface area contributed by atoms with Crippen molar-refractivity contribution in [3.8, 4) is 11.1 Å². The van der Waals surface area contributed by atoms with Gasteiger partial charge in [-0.1, -0.05) is 146 Å². The number of imide groups is 1. The molecule has 1 heterocycles. The lowest BCUT2D eigenvalue weighted by atomic mass is 9.82. The second kappa shape index (κ2) is 18.6. The molecule has 4 amide bonds. The number of nitrogens with one attached hydrogen (secondary N) is 2. The molecule has 1 fully saturated rings. The van der Waals surface area contributed by atoms with E-state index in [0.717, 1.165) is 27.8 Å². The topological polar surface area (TPSA) is 126 Å². The van der Waals surface area contributed by atoms with Crippen LogP contribution in [0.3, 0.4) is 0 Å². The smallest absolute Gasteiger partial charge is 0.414 e. The van der Waals surface area contributed by atoms with Gasteiger partial charge in [-0.05, 0) is 52.8 Å². The van der Waals surface area contributed by atoms with Crippen molar-refractivity contribution in [3.63, 3.8) is 0 Å². The SMILES string of the molecule is O=C(NC(=NCCCC1C(=O)N(C(=O)c2ccc(-c3ccccc3)cc2)C1/C=C/c1ccccc1)NC(=O)OCc1ccccc1)OCc1ccccc1. The molecule has 54 heavy (non-hydrogen) atoms. The summed E-state index contributed by atoms with van der Waals surface area (Å²) in [5.41, 5.74) is 4.95. The van der Waals surface area contributed by atoms with Crippen molar-refractivity contribution < 1.29 is 28.7 Å². The van der Waals surface area contributed by atoms with Crippen molar-refractivity contribution in [2.24, 2.45) is 10.9 Å². The van der Waals surface area contributed by atoms with Gasteiger partial charge in [0.1, 0.15) is 13.2 Å². The molecule has 0 saturated carbocycles. The fourth-order valence-electron chi connectivity index (χ4n) is 5.99. The van der Waals surface area contributed by atoms with Gasteiger partial charge in [0.25, 0.3) is 5.91 Å². The Morgan fingerprint density at radius 1 is 0.648 bits per heavy atom. The van der Waals surface area contributed by atoms with Crippen molar-refractivity contribution in [2.45, 2.75) is 32.1 Å². The van der Waals surface area contributed by atoms with Gasteiger partial charge in [-0.15, -0.1) is 0 Å². The third-order valence-corrected chi connectivity index (χ3v) is 8.82. The Hall–Kier alpha value is -6.81. The third-order valence-electron chi connectivity index (χ3n) is 8.82. The molecule has 1 aliphatic rings. The first-order valence-electron chi connectivity index (χ1n) is 17.7. The minimum atomic E-state index is -0.813. The Labute approximate surface area is 314 Å². The van der Waals surface area contributed by atoms with Crippen LogP contribution in [0.4, 0.5) is 9.59 Å². The molecular formula is C44H40N4O6. The monoisotopic (exact) mass is 720 g/mol. The van der Waals surface area contributed by atoms with Crippen LogP contribution < -0.4 is 10.6 Å². The summed E-state index contributed by atoms with van der Waals surface area (Å²) in [7, 11) is 0. The maximum Gasteiger partial charge on any atom is 0.414 e. The molecule has 6 rings (SSSR count). The summed E-state index contributed by atoms with van der Waals surface area (Å²) >= 11 is 0. The van der Waals surface area contributed by atoms with Gasteiger partial charge >= 0.3 is 12.2 Å². The average Bonchev–Trinajstić information content (AvgIpc) is 3.22. The number of nitrogens with zero attached hydrogens (tertiary/aromatic N) is 2. The Morgan fingerprint density at radius 3 is 1.70 bits per heavy atom. The van der Waals surface area contributed by atoms with Crippen LogP contribution in [0.2, 0.25) is 0 Å². The van der Waals surface area contributed by atoms with Crippen molar-refractivity contribution >= 4 is 36.0 Å². The Kier molecular flexibility index (Phi) is 12.7. The largest absolute Gasteiger partial charge is 0.444 e. The molecule has 0 aliphatic carbocycles. The number of β-lactam (4-membered cyclic amide) rings is 1. The number of carbonyl (C=O) groups excluding carboxylic acids is 4. The quantitative estimate of drug-likeness (QED) is 0.0442. The van der Waals surface area contributed by atoms with E-state index in [4.69, 9.17) is 9.47 Å². The van der Waals surface area contributed by atoms with Gasteiger partial charge in [0.05, 0.1) is 12.0 Å². The van der Waals surface area contributed by atoms with Crippen LogP contribution in [0.1, 0.15) is 39.9 Å². The molecule has 10 heteroatoms. The van der Waals surface area contributed by atoms with Crippen LogP contribution in [-0.2, 0) is 27.5 Å². The number of rotatable bonds is 12. The van der Waals surface area contributed by atoms with Crippen molar-refractivity contribution in [1.82, 2.24) is 15.5 Å². The first kappa shape index (κ1) is 37.0. The van der Waals surface area contributed by atoms with E-state index in [-0.39, 0.29) is 37.5 Å². The number of carbonyl (C=O) groups is 4. The van der Waals surface area contributed by atoms with E-state index >= 15 is 0 Å². The van der Waals surface area contributed by atoms with E-state index < -0.39 is 24.1 Å². The molecule has 272 valence electrons. The predicted molar refractivity (Wildman–Crippen MR) is 207 cm³/mol. The lowest BCUT2D eigenvalue weighted by Crippen LogP contribution is -2.62. The number of guanidine groups is 1. The highest BCUT2D eigenvalue weighted by Crippen LogP contribution is 2.34. The first-order chi connectivity index (χ1) is 26.4. The average molecular weight is 721 g/mol. The second-order valence-electron chi connectivity index (χ2n) is 12.6. The maximum absolute atomic E-state index is 13.7. The normalized spacial score (nSPS) is 14.8. The molecular weight excluding hydrogens is 681 g/mol. The minimum absolute atomic E-state index is 0.0203. The molecule has 2 N–H and O–H groups in total. The van der Waals surface area contributed by atoms with Crippen molar-refractivity contribution in [1.29, 1.82) is 0 Å². The van der Waals surface area contributed by atoms with Gasteiger partial charge in [-0.2, -0.15) is 0 Å². The number of benzene rings is 5. The van der Waals surface area contributed by atoms with Crippen molar-refractivity contribution in [2.75, 3.05) is 6.54 Å². The molecule has 1 saturated heterocycles. The predicted octanol–water partition coefficient (Wildman–Crippen LogP) is 8.02. The third kappa shape index (κ3) is 10.2. The van der Waals surface area contributed by atoms with Crippen LogP contribution >= 0.6 is 0 Å². The first-order valence-corrected chi connectivity index (χ1v) is 17.7. The number of amides is 4. The number of ether oxygens (including phenoxy) is 2. The minimum Gasteiger partial charge on any atom is -0.444 e. The summed E-state index contributed by atoms with van der Waals surface area (Å²) in [6, 6.07) is 44.7. The van der Waals surface area contributed by atoms with Crippen LogP contribution in [0.15, 0.2) is 157 Å². The van der Waals surface area contributed by atoms with Crippen LogP contribution in [0.5, 0.6) is 0 Å². The fourth-order valence-corrected chi connectivity index (χ4v) is 5.99. The zero-order chi connectivity index (χ0) is 37.5. The molecule has 2 unspecified atom stereocenters. The number of likely N-dealkylation sites (tertiary alicyclic amines) is 1. The zero-order valence-electron chi connectivity index (χ0n) is 29.5. The maximum atomic E-state index is 13.7. The van der Waals surface area contributed by atoms with E-state index in [1.54, 1.807) is 12.1 Å². The van der Waals surface area contributed by atoms with Gasteiger partial charge in [0, 0.05) is 12.1 Å². The van der Waals surface area contributed by atoms with E-state index in [9.17, 15) is 19.2 Å². The standard InChI is InChI=1S/C44H40N4O6/c49-40(37-26-24-36(25-27-37)35-20-11-4-12-21-35)48-39(28-23-32-14-5-1-6-15-32)38(41(48)50)22-13-29-45-42(46-43(51)53-30-33-16-7-2-8-17-33)47-44(52)54-31-34-18-9-3-10-19-34/h1-12,14-21,23-28,38-39H,13,22,29-31H2,(H2,45,46,47,51,52)/b28-23+. The summed E-state index contributed by atoms with van der Waals surface area (Å²) in [6.45, 7) is 0.194. The summed E-state index contributed by atoms with van der Waals surface area (Å²) in [6.07, 6.45) is 3.01. The molecule has 5 aromatic rings. The number of alkyl carbamates (subject to hydrolysis) is 2. The number of hydrogen-bond acceptors (Lipinski definition) is 7. The van der Waals surface area contributed by atoms with Gasteiger partial charge in [-0.3, -0.25) is 30.1 Å². The van der Waals surface area contributed by atoms with Gasteiger partial charge in [-0.25, -0.2) is 9.59 Å². The molecule has 0 radical (unpaired) electrons. The molecule has 0 aromatic heterocycles. The van der Waals surface area contributed by atoms with Gasteiger partial charge in [0.2, 0.25) is 11.9 Å². The highest BCUT2D eigenvalue weighted by Gasteiger charge is 2.48. The highest BCUT2D eigenvalue weighted by atomic mass is 16.6. The van der Waals surface area contributed by atoms with E-state index in [2.05, 4.69) is 15.6 Å². The Bertz CT molecular complexity index is 2010. The Morgan fingerprint density at radius 2 is 1.15 bits per heavy atom. The lowest BCUT2D eigenvalue weighted by molar-refractivity contribution is -0.148. The highest BCUT2D eigenvalue weighted by molar-refractivity contribution is 6.10. The molecule has 0 spiro atoms. The molecule has 0 bridgehead atoms. The summed E-state index contributed by atoms with van der Waals surface area (Å²) < 4.78 is 10.6. The zero-order valence-corrected chi connectivity index (χ0v) is 29.5. The van der Waals surface area contributed by atoms with Crippen LogP contribution in [0.25, 0.3) is 17.2 Å². The van der Waals surface area contributed by atoms with Gasteiger partial charge in [0.15, 0.2) is 0 Å². The second-order valence-corrected chi connectivity index (χ2v) is 12.6. The van der Waals surface area contributed by atoms with E-state index in [1.165, 1.54) is 4.90 Å². The summed E-state index contributed by atoms with van der Waals surface area (Å²) in [5.74, 6) is -1.26. The molecule has 5 aromatic carbocycles. The van der Waals surface area contributed by atoms with Crippen molar-refractivity contribution in [3.05, 3.63) is 174 Å². The lowest BCUT2D eigenvalue weighted by Gasteiger charge is -2.44. The summed E-state index contributed by atoms with van der Waals surface area (Å²) in [4.78, 5) is 58.3. The molecule has 1 aliphatic heterocycles. The van der Waals surface area contributed by atoms with Crippen LogP contribution in [0, 0.1) is 5.92 Å². The van der Waals surface area contributed by atoms with Crippen LogP contribution in [-0.4, -0.2) is 47.4 Å². The Balaban J connectivity index is 1.11. The molecule has 2 atom stereocenters. The van der Waals surface area contributed by atoms with E-state index in [0.29, 0.717) is 18.4 Å². The molecule has 10 nitrogen and oxygen atoms in total.